The van der Waals surface area contributed by atoms with Crippen LogP contribution in [0, 0.1) is 12.8 Å². The number of aryl methyl sites for hydroxylation is 1. The molecule has 0 spiro atoms. The fourth-order valence-corrected chi connectivity index (χ4v) is 5.52. The Labute approximate surface area is 249 Å². The molecule has 1 heterocycles. The Morgan fingerprint density at radius 3 is 2.53 bits per heavy atom. The molecule has 2 aliphatic carbocycles. The molecule has 8 nitrogen and oxygen atoms in total. The molecule has 3 aromatic rings. The van der Waals surface area contributed by atoms with Gasteiger partial charge in [0.05, 0.1) is 33.5 Å². The quantitative estimate of drug-likeness (QED) is 0.201. The number of para-hydroxylation sites is 1. The normalized spacial score (nSPS) is 16.3. The van der Waals surface area contributed by atoms with Gasteiger partial charge in [0.25, 0.3) is 0 Å². The molecule has 3 N–H and O–H groups in total. The van der Waals surface area contributed by atoms with Gasteiger partial charge in [-0.15, -0.1) is 0 Å². The molecule has 2 unspecified atom stereocenters. The number of benzene rings is 4. The second kappa shape index (κ2) is 11.6. The minimum atomic E-state index is -0.258. The molecule has 1 aliphatic heterocycles. The van der Waals surface area contributed by atoms with Crippen LogP contribution in [0.25, 0.3) is 40.0 Å². The van der Waals surface area contributed by atoms with Gasteiger partial charge in [-0.3, -0.25) is 10.2 Å². The van der Waals surface area contributed by atoms with Crippen molar-refractivity contribution in [3.63, 3.8) is 0 Å². The predicted molar refractivity (Wildman–Crippen MR) is 169 cm³/mol. The maximum atomic E-state index is 12.7. The van der Waals surface area contributed by atoms with Crippen LogP contribution < -0.4 is 26.8 Å². The van der Waals surface area contributed by atoms with Crippen molar-refractivity contribution in [2.24, 2.45) is 11.0 Å². The Kier molecular flexibility index (Phi) is 7.50. The first-order valence-corrected chi connectivity index (χ1v) is 14.4. The fraction of sp³-hybridized carbons (Fsp3) is 0.200. The van der Waals surface area contributed by atoms with Gasteiger partial charge in [0.2, 0.25) is 5.91 Å². The van der Waals surface area contributed by atoms with Gasteiger partial charge in [-0.2, -0.15) is 5.10 Å². The number of hydrogen-bond donors (Lipinski definition) is 3. The number of fused-ring (bicyclic) bond motifs is 3. The van der Waals surface area contributed by atoms with Gasteiger partial charge in [0.1, 0.15) is 17.2 Å². The first-order valence-electron chi connectivity index (χ1n) is 14.4. The smallest absolute Gasteiger partial charge is 0.220 e. The van der Waals surface area contributed by atoms with Crippen molar-refractivity contribution in [2.75, 3.05) is 5.43 Å². The van der Waals surface area contributed by atoms with Gasteiger partial charge in [-0.1, -0.05) is 61.5 Å². The summed E-state index contributed by atoms with van der Waals surface area (Å²) in [6.07, 6.45) is 4.52. The molecule has 1 amide bonds. The first-order chi connectivity index (χ1) is 20.8. The molecule has 0 saturated heterocycles. The van der Waals surface area contributed by atoms with Crippen LogP contribution in [-0.2, 0) is 9.59 Å². The highest BCUT2D eigenvalue weighted by Gasteiger charge is 2.23. The lowest BCUT2D eigenvalue weighted by Gasteiger charge is -2.25. The van der Waals surface area contributed by atoms with E-state index in [1.54, 1.807) is 6.07 Å². The zero-order chi connectivity index (χ0) is 30.1. The van der Waals surface area contributed by atoms with Gasteiger partial charge < -0.3 is 19.8 Å². The van der Waals surface area contributed by atoms with E-state index in [4.69, 9.17) is 10.1 Å². The third-order valence-corrected chi connectivity index (χ3v) is 7.84. The maximum Gasteiger partial charge on any atom is 0.220 e. The molecule has 0 aromatic heterocycles. The standard InChI is InChI=1S/C35H33N5O3/c1-21-17-29-31(19-27(21)37-34(43)16-13-23(3)41)40(25-10-5-4-6-11-25)32-20-28(22(2)18-30(32)36-29)38-39-35-26-12-8-7-9-24(26)14-15-33(35)42/h4-12,14-15,17-21,27,39,42H,13,16H2,1-3H3,(H,37,43). The molecule has 43 heavy (non-hydrogen) atoms. The van der Waals surface area contributed by atoms with E-state index in [0.29, 0.717) is 11.0 Å². The molecular weight excluding hydrogens is 538 g/mol. The summed E-state index contributed by atoms with van der Waals surface area (Å²) in [5, 5.41) is 22.7. The van der Waals surface area contributed by atoms with Crippen molar-refractivity contribution < 1.29 is 14.7 Å². The highest BCUT2D eigenvalue weighted by molar-refractivity contribution is 5.96. The van der Waals surface area contributed by atoms with Crippen LogP contribution in [0.5, 0.6) is 5.75 Å². The summed E-state index contributed by atoms with van der Waals surface area (Å²) in [4.78, 5) is 29.1. The van der Waals surface area contributed by atoms with Crippen LogP contribution in [0.15, 0.2) is 84.0 Å². The second-order valence-electron chi connectivity index (χ2n) is 11.1. The van der Waals surface area contributed by atoms with Gasteiger partial charge in [0.15, 0.2) is 0 Å². The van der Waals surface area contributed by atoms with Crippen LogP contribution in [0.4, 0.5) is 5.69 Å². The molecule has 2 atom stereocenters. The number of amides is 1. The number of carbonyl (C=O) groups is 2. The largest absolute Gasteiger partial charge is 0.506 e. The summed E-state index contributed by atoms with van der Waals surface area (Å²) >= 11 is 0. The van der Waals surface area contributed by atoms with Crippen molar-refractivity contribution in [3.8, 4) is 22.8 Å². The SMILES string of the molecule is CC(=O)CCC(=O)NC1C=c2c(nc3cc(C)c(=NNc4c(O)ccc5ccccc45)cc-3n2-c2ccccc2)=CC1C. The van der Waals surface area contributed by atoms with Crippen molar-refractivity contribution >= 4 is 40.3 Å². The van der Waals surface area contributed by atoms with Crippen LogP contribution in [0.1, 0.15) is 32.3 Å². The van der Waals surface area contributed by atoms with Gasteiger partial charge in [-0.25, -0.2) is 4.98 Å². The van der Waals surface area contributed by atoms with E-state index < -0.39 is 0 Å². The molecular formula is C35H33N5O3. The molecule has 0 fully saturated rings. The van der Waals surface area contributed by atoms with Crippen LogP contribution >= 0.6 is 0 Å². The van der Waals surface area contributed by atoms with Gasteiger partial charge >= 0.3 is 0 Å². The molecule has 0 bridgehead atoms. The molecule has 0 saturated carbocycles. The Hall–Kier alpha value is -5.24. The van der Waals surface area contributed by atoms with Gasteiger partial charge in [-0.05, 0) is 61.2 Å². The summed E-state index contributed by atoms with van der Waals surface area (Å²) in [5.74, 6) is -0.0332. The predicted octanol–water partition coefficient (Wildman–Crippen LogP) is 4.14. The number of anilines is 1. The van der Waals surface area contributed by atoms with Crippen molar-refractivity contribution in [3.05, 3.63) is 100 Å². The number of aromatic nitrogens is 2. The topological polar surface area (TPSA) is 109 Å². The monoisotopic (exact) mass is 571 g/mol. The lowest BCUT2D eigenvalue weighted by Crippen LogP contribution is -2.49. The number of phenolic OH excluding ortho intramolecular Hbond substituents is 1. The number of carbonyl (C=O) groups excluding carboxylic acids is 2. The van der Waals surface area contributed by atoms with Crippen molar-refractivity contribution in [1.82, 2.24) is 14.9 Å². The average Bonchev–Trinajstić information content (AvgIpc) is 2.99. The van der Waals surface area contributed by atoms with E-state index in [1.165, 1.54) is 6.92 Å². The molecule has 216 valence electrons. The Bertz CT molecular complexity index is 2030. The Balaban J connectivity index is 1.51. The summed E-state index contributed by atoms with van der Waals surface area (Å²) < 4.78 is 2.14. The van der Waals surface area contributed by atoms with Crippen molar-refractivity contribution in [2.45, 2.75) is 39.7 Å². The zero-order valence-electron chi connectivity index (χ0n) is 24.3. The number of hydrogen-bond acceptors (Lipinski definition) is 6. The number of Topliss-reactive ketones (excluding diaryl/α,β-unsaturated/α-hetero) is 1. The molecule has 6 rings (SSSR count). The number of nitrogens with zero attached hydrogens (tertiary/aromatic N) is 3. The van der Waals surface area contributed by atoms with E-state index in [1.807, 2.05) is 85.8 Å². The highest BCUT2D eigenvalue weighted by atomic mass is 16.3. The summed E-state index contributed by atoms with van der Waals surface area (Å²) in [6.45, 7) is 5.53. The maximum absolute atomic E-state index is 12.7. The number of rotatable bonds is 7. The fourth-order valence-electron chi connectivity index (χ4n) is 5.52. The lowest BCUT2D eigenvalue weighted by molar-refractivity contribution is -0.125. The van der Waals surface area contributed by atoms with Crippen LogP contribution in [-0.4, -0.2) is 32.4 Å². The highest BCUT2D eigenvalue weighted by Crippen LogP contribution is 2.32. The number of phenols is 1. The first kappa shape index (κ1) is 27.9. The van der Waals surface area contributed by atoms with E-state index in [2.05, 4.69) is 28.3 Å². The third kappa shape index (κ3) is 5.64. The Morgan fingerprint density at radius 1 is 0.977 bits per heavy atom. The molecule has 8 heteroatoms. The van der Waals surface area contributed by atoms with Crippen LogP contribution in [0.2, 0.25) is 0 Å². The van der Waals surface area contributed by atoms with Gasteiger partial charge in [0, 0.05) is 29.8 Å². The molecule has 3 aliphatic rings. The van der Waals surface area contributed by atoms with E-state index in [-0.39, 0.29) is 42.2 Å². The minimum Gasteiger partial charge on any atom is -0.506 e. The summed E-state index contributed by atoms with van der Waals surface area (Å²) in [7, 11) is 0. The second-order valence-corrected chi connectivity index (χ2v) is 11.1. The van der Waals surface area contributed by atoms with E-state index in [0.717, 1.165) is 44.1 Å². The lowest BCUT2D eigenvalue weighted by atomic mass is 9.96. The molecule has 3 aromatic carbocycles. The number of ketones is 1. The summed E-state index contributed by atoms with van der Waals surface area (Å²) in [6, 6.07) is 25.1. The minimum absolute atomic E-state index is 0.00742. The number of nitrogens with one attached hydrogen (secondary N) is 2. The van der Waals surface area contributed by atoms with Crippen LogP contribution in [0.3, 0.4) is 0 Å². The Morgan fingerprint density at radius 2 is 1.74 bits per heavy atom. The van der Waals surface area contributed by atoms with E-state index >= 15 is 0 Å². The molecule has 0 radical (unpaired) electrons. The number of aromatic hydroxyl groups is 1. The van der Waals surface area contributed by atoms with E-state index in [9.17, 15) is 14.7 Å². The third-order valence-electron chi connectivity index (χ3n) is 7.84. The summed E-state index contributed by atoms with van der Waals surface area (Å²) in [5.41, 5.74) is 7.18. The van der Waals surface area contributed by atoms with Crippen molar-refractivity contribution in [1.29, 1.82) is 0 Å². The zero-order valence-corrected chi connectivity index (χ0v) is 24.3. The average molecular weight is 572 g/mol.